The zero-order valence-electron chi connectivity index (χ0n) is 16.9. The Hall–Kier alpha value is -2.10. The molecule has 0 saturated heterocycles. The van der Waals surface area contributed by atoms with Gasteiger partial charge in [0.2, 0.25) is 5.88 Å². The highest BCUT2D eigenvalue weighted by Gasteiger charge is 2.19. The molecule has 1 aliphatic carbocycles. The molecule has 1 aromatic carbocycles. The quantitative estimate of drug-likeness (QED) is 0.695. The molecular formula is C20H26N2O2. The maximum atomic E-state index is 12.3. The summed E-state index contributed by atoms with van der Waals surface area (Å²) in [5.41, 5.74) is 1.20. The van der Waals surface area contributed by atoms with Gasteiger partial charge in [0, 0.05) is 23.1 Å². The van der Waals surface area contributed by atoms with E-state index in [-0.39, 0.29) is 5.69 Å². The van der Waals surface area contributed by atoms with E-state index >= 15 is 0 Å². The van der Waals surface area contributed by atoms with Crippen molar-refractivity contribution in [1.29, 1.82) is 0 Å². The molecule has 0 radical (unpaired) electrons. The van der Waals surface area contributed by atoms with Crippen LogP contribution in [0.5, 0.6) is 5.88 Å². The standard InChI is InChI=1S/C20H26N2O2/c1-2-19(23)18-13-20(24-15-17-11-7-4-8-12-17)22(21-18)14-16-9-5-3-6-10-16/h4,7-8,11-13,16H,2-3,5-6,9-10,14-15H2,1H3/i1D3. The molecule has 0 bridgehead atoms. The number of carbonyl (C=O) groups excluding carboxylic acids is 1. The minimum atomic E-state index is -2.30. The number of hydrogen-bond acceptors (Lipinski definition) is 3. The fourth-order valence-electron chi connectivity index (χ4n) is 3.22. The van der Waals surface area contributed by atoms with Gasteiger partial charge in [-0.05, 0) is 24.3 Å². The number of ether oxygens (including phenoxy) is 1. The average Bonchev–Trinajstić information content (AvgIpc) is 3.03. The molecule has 2 aromatic rings. The molecule has 24 heavy (non-hydrogen) atoms. The van der Waals surface area contributed by atoms with E-state index in [9.17, 15) is 4.79 Å². The van der Waals surface area contributed by atoms with Gasteiger partial charge in [0.25, 0.3) is 0 Å². The molecule has 0 atom stereocenters. The minimum absolute atomic E-state index is 0.171. The molecule has 1 saturated carbocycles. The van der Waals surface area contributed by atoms with Gasteiger partial charge in [0.15, 0.2) is 5.78 Å². The Kier molecular flexibility index (Phi) is 4.48. The first-order valence-electron chi connectivity index (χ1n) is 10.2. The second-order valence-corrected chi connectivity index (χ2v) is 6.43. The van der Waals surface area contributed by atoms with Crippen LogP contribution in [0.25, 0.3) is 0 Å². The van der Waals surface area contributed by atoms with E-state index in [0.29, 0.717) is 24.9 Å². The maximum Gasteiger partial charge on any atom is 0.212 e. The molecule has 128 valence electrons. The lowest BCUT2D eigenvalue weighted by atomic mass is 9.89. The molecule has 0 amide bonds. The number of Topliss-reactive ketones (excluding diaryl/α,β-unsaturated/α-hetero) is 1. The summed E-state index contributed by atoms with van der Waals surface area (Å²) in [6.07, 6.45) is 5.50. The Labute approximate surface area is 148 Å². The van der Waals surface area contributed by atoms with Crippen LogP contribution in [0.3, 0.4) is 0 Å². The van der Waals surface area contributed by atoms with Crippen molar-refractivity contribution in [3.05, 3.63) is 47.7 Å². The molecule has 1 fully saturated rings. The molecule has 0 unspecified atom stereocenters. The number of rotatable bonds is 7. The van der Waals surface area contributed by atoms with Gasteiger partial charge < -0.3 is 4.74 Å². The van der Waals surface area contributed by atoms with Crippen molar-refractivity contribution >= 4 is 5.78 Å². The Morgan fingerprint density at radius 2 is 2.08 bits per heavy atom. The first-order valence-corrected chi connectivity index (χ1v) is 8.68. The van der Waals surface area contributed by atoms with Crippen molar-refractivity contribution < 1.29 is 13.6 Å². The van der Waals surface area contributed by atoms with Crippen LogP contribution in [0.4, 0.5) is 0 Å². The molecule has 0 aliphatic heterocycles. The zero-order valence-corrected chi connectivity index (χ0v) is 13.9. The van der Waals surface area contributed by atoms with Gasteiger partial charge in [-0.25, -0.2) is 4.68 Å². The fraction of sp³-hybridized carbons (Fsp3) is 0.500. The van der Waals surface area contributed by atoms with Crippen molar-refractivity contribution in [2.75, 3.05) is 0 Å². The molecule has 0 spiro atoms. The Bertz CT molecular complexity index is 750. The predicted octanol–water partition coefficient (Wildman–Crippen LogP) is 4.64. The summed E-state index contributed by atoms with van der Waals surface area (Å²) in [5, 5.41) is 4.39. The van der Waals surface area contributed by atoms with Crippen LogP contribution in [0.2, 0.25) is 0 Å². The van der Waals surface area contributed by atoms with Gasteiger partial charge in [0.1, 0.15) is 12.3 Å². The van der Waals surface area contributed by atoms with Gasteiger partial charge in [-0.2, -0.15) is 5.10 Å². The SMILES string of the molecule is [2H]C([2H])([2H])CC(=O)c1cc(OCc2ccccc2)n(CC2CCCCC2)n1. The number of nitrogens with zero attached hydrogens (tertiary/aromatic N) is 2. The first-order chi connectivity index (χ1) is 12.9. The van der Waals surface area contributed by atoms with Crippen molar-refractivity contribution in [2.45, 2.75) is 58.5 Å². The number of hydrogen-bond donors (Lipinski definition) is 0. The predicted molar refractivity (Wildman–Crippen MR) is 94.2 cm³/mol. The van der Waals surface area contributed by atoms with Crippen LogP contribution in [0.15, 0.2) is 36.4 Å². The number of aromatic nitrogens is 2. The van der Waals surface area contributed by atoms with E-state index in [1.807, 2.05) is 30.3 Å². The number of ketones is 1. The van der Waals surface area contributed by atoms with Gasteiger partial charge in [-0.3, -0.25) is 4.79 Å². The fourth-order valence-corrected chi connectivity index (χ4v) is 3.22. The third-order valence-corrected chi connectivity index (χ3v) is 4.57. The van der Waals surface area contributed by atoms with E-state index in [4.69, 9.17) is 8.85 Å². The van der Waals surface area contributed by atoms with Gasteiger partial charge in [-0.1, -0.05) is 56.4 Å². The molecule has 3 rings (SSSR count). The second-order valence-electron chi connectivity index (χ2n) is 6.43. The molecule has 4 nitrogen and oxygen atoms in total. The lowest BCUT2D eigenvalue weighted by molar-refractivity contribution is 0.0982. The normalized spacial score (nSPS) is 17.8. The van der Waals surface area contributed by atoms with Crippen molar-refractivity contribution in [2.24, 2.45) is 5.92 Å². The van der Waals surface area contributed by atoms with Crippen LogP contribution >= 0.6 is 0 Å². The van der Waals surface area contributed by atoms with E-state index < -0.39 is 19.1 Å². The van der Waals surface area contributed by atoms with Crippen LogP contribution in [0, 0.1) is 5.92 Å². The summed E-state index contributed by atoms with van der Waals surface area (Å²) in [4.78, 5) is 12.3. The second kappa shape index (κ2) is 8.13. The van der Waals surface area contributed by atoms with Crippen LogP contribution in [-0.2, 0) is 13.2 Å². The van der Waals surface area contributed by atoms with Crippen molar-refractivity contribution in [3.8, 4) is 5.88 Å². The molecule has 1 aliphatic rings. The van der Waals surface area contributed by atoms with E-state index in [0.717, 1.165) is 18.4 Å². The van der Waals surface area contributed by atoms with Crippen molar-refractivity contribution in [3.63, 3.8) is 0 Å². The monoisotopic (exact) mass is 329 g/mol. The highest BCUT2D eigenvalue weighted by Crippen LogP contribution is 2.27. The minimum Gasteiger partial charge on any atom is -0.473 e. The third kappa shape index (κ3) is 4.25. The van der Waals surface area contributed by atoms with Gasteiger partial charge in [0.05, 0.1) is 0 Å². The maximum absolute atomic E-state index is 12.3. The summed E-state index contributed by atoms with van der Waals surface area (Å²) < 4.78 is 29.6. The first kappa shape index (κ1) is 13.2. The smallest absolute Gasteiger partial charge is 0.212 e. The van der Waals surface area contributed by atoms with Crippen LogP contribution < -0.4 is 4.74 Å². The third-order valence-electron chi connectivity index (χ3n) is 4.57. The Morgan fingerprint density at radius 3 is 2.83 bits per heavy atom. The Balaban J connectivity index is 1.76. The van der Waals surface area contributed by atoms with E-state index in [2.05, 4.69) is 5.10 Å². The van der Waals surface area contributed by atoms with Gasteiger partial charge >= 0.3 is 0 Å². The summed E-state index contributed by atoms with van der Waals surface area (Å²) >= 11 is 0. The number of benzene rings is 1. The average molecular weight is 329 g/mol. The molecule has 1 heterocycles. The zero-order chi connectivity index (χ0) is 19.3. The summed E-state index contributed by atoms with van der Waals surface area (Å²) in [5.74, 6) is 0.573. The van der Waals surface area contributed by atoms with E-state index in [1.54, 1.807) is 10.7 Å². The summed E-state index contributed by atoms with van der Waals surface area (Å²) in [7, 11) is 0. The highest BCUT2D eigenvalue weighted by molar-refractivity contribution is 5.94. The van der Waals surface area contributed by atoms with Crippen molar-refractivity contribution in [1.82, 2.24) is 9.78 Å². The molecular weight excluding hydrogens is 300 g/mol. The molecule has 1 aromatic heterocycles. The lowest BCUT2D eigenvalue weighted by Crippen LogP contribution is -2.16. The highest BCUT2D eigenvalue weighted by atomic mass is 16.5. The van der Waals surface area contributed by atoms with Crippen LogP contribution in [-0.4, -0.2) is 15.6 Å². The molecule has 0 N–H and O–H groups in total. The lowest BCUT2D eigenvalue weighted by Gasteiger charge is -2.22. The summed E-state index contributed by atoms with van der Waals surface area (Å²) in [6.45, 7) is -1.22. The summed E-state index contributed by atoms with van der Waals surface area (Å²) in [6, 6.07) is 11.4. The van der Waals surface area contributed by atoms with Gasteiger partial charge in [-0.15, -0.1) is 0 Å². The largest absolute Gasteiger partial charge is 0.473 e. The van der Waals surface area contributed by atoms with Crippen LogP contribution in [0.1, 0.15) is 65.5 Å². The topological polar surface area (TPSA) is 44.1 Å². The van der Waals surface area contributed by atoms with E-state index in [1.165, 1.54) is 19.3 Å². The Morgan fingerprint density at radius 1 is 1.29 bits per heavy atom. The molecule has 4 heteroatoms. The number of carbonyl (C=O) groups is 1.